The number of aliphatic imine (C=N–C) groups is 1. The smallest absolute Gasteiger partial charge is 0.191 e. The van der Waals surface area contributed by atoms with E-state index in [-0.39, 0.29) is 24.0 Å². The Balaban J connectivity index is 0.00000306. The summed E-state index contributed by atoms with van der Waals surface area (Å²) in [6.07, 6.45) is 3.08. The van der Waals surface area contributed by atoms with E-state index in [9.17, 15) is 0 Å². The lowest BCUT2D eigenvalue weighted by Crippen LogP contribution is -2.38. The highest BCUT2D eigenvalue weighted by atomic mass is 127. The van der Waals surface area contributed by atoms with Crippen molar-refractivity contribution in [1.82, 2.24) is 20.5 Å². The molecule has 0 aliphatic carbocycles. The summed E-state index contributed by atoms with van der Waals surface area (Å²) in [7, 11) is 0. The average Bonchev–Trinajstić information content (AvgIpc) is 3.23. The van der Waals surface area contributed by atoms with Crippen LogP contribution >= 0.6 is 24.0 Å². The van der Waals surface area contributed by atoms with E-state index in [2.05, 4.69) is 83.0 Å². The number of aromatic nitrogens is 1. The SMILES string of the molecule is CCNC(=NCc1ccccc1CN1CCOCC1)NCCc1c[nH]c2c(C)cccc12.I. The number of para-hydroxylation sites is 1. The Morgan fingerprint density at radius 2 is 1.82 bits per heavy atom. The number of hydrogen-bond acceptors (Lipinski definition) is 3. The maximum atomic E-state index is 5.49. The monoisotopic (exact) mass is 561 g/mol. The largest absolute Gasteiger partial charge is 0.379 e. The molecule has 1 aromatic heterocycles. The summed E-state index contributed by atoms with van der Waals surface area (Å²) < 4.78 is 5.49. The number of nitrogens with zero attached hydrogens (tertiary/aromatic N) is 2. The molecule has 33 heavy (non-hydrogen) atoms. The zero-order chi connectivity index (χ0) is 22.2. The molecule has 1 aliphatic heterocycles. The van der Waals surface area contributed by atoms with Gasteiger partial charge in [-0.1, -0.05) is 42.5 Å². The van der Waals surface area contributed by atoms with Crippen molar-refractivity contribution in [3.05, 3.63) is 70.9 Å². The molecule has 0 spiro atoms. The van der Waals surface area contributed by atoms with Gasteiger partial charge in [-0.2, -0.15) is 0 Å². The van der Waals surface area contributed by atoms with E-state index >= 15 is 0 Å². The van der Waals surface area contributed by atoms with Gasteiger partial charge in [0.1, 0.15) is 0 Å². The fourth-order valence-electron chi connectivity index (χ4n) is 4.26. The molecule has 1 fully saturated rings. The highest BCUT2D eigenvalue weighted by Gasteiger charge is 2.12. The minimum Gasteiger partial charge on any atom is -0.379 e. The number of benzene rings is 2. The number of hydrogen-bond donors (Lipinski definition) is 3. The molecule has 1 saturated heterocycles. The second-order valence-electron chi connectivity index (χ2n) is 8.34. The predicted octanol–water partition coefficient (Wildman–Crippen LogP) is 4.22. The molecular weight excluding hydrogens is 525 g/mol. The lowest BCUT2D eigenvalue weighted by molar-refractivity contribution is 0.0341. The van der Waals surface area contributed by atoms with Crippen molar-refractivity contribution < 1.29 is 4.74 Å². The van der Waals surface area contributed by atoms with E-state index in [0.29, 0.717) is 6.54 Å². The van der Waals surface area contributed by atoms with Gasteiger partial charge in [-0.3, -0.25) is 4.90 Å². The molecule has 7 heteroatoms. The number of H-pyrrole nitrogens is 1. The second kappa shape index (κ2) is 13.0. The molecule has 4 rings (SSSR count). The number of halogens is 1. The number of ether oxygens (including phenoxy) is 1. The first-order chi connectivity index (χ1) is 15.7. The van der Waals surface area contributed by atoms with Crippen LogP contribution in [0.15, 0.2) is 53.7 Å². The third-order valence-corrected chi connectivity index (χ3v) is 6.06. The summed E-state index contributed by atoms with van der Waals surface area (Å²) in [6.45, 7) is 11.2. The molecular formula is C26H36IN5O. The molecule has 0 atom stereocenters. The third-order valence-electron chi connectivity index (χ3n) is 6.06. The van der Waals surface area contributed by atoms with Crippen LogP contribution in [0.4, 0.5) is 0 Å². The highest BCUT2D eigenvalue weighted by molar-refractivity contribution is 14.0. The van der Waals surface area contributed by atoms with Crippen LogP contribution in [0.1, 0.15) is 29.2 Å². The van der Waals surface area contributed by atoms with Crippen molar-refractivity contribution in [2.24, 2.45) is 4.99 Å². The van der Waals surface area contributed by atoms with Gasteiger partial charge >= 0.3 is 0 Å². The van der Waals surface area contributed by atoms with Gasteiger partial charge in [0, 0.05) is 49.8 Å². The van der Waals surface area contributed by atoms with Crippen LogP contribution in [0.2, 0.25) is 0 Å². The standard InChI is InChI=1S/C26H35N5O.HI/c1-3-27-26(28-12-11-22-18-29-25-20(2)7-6-10-24(22)25)30-17-21-8-4-5-9-23(21)19-31-13-15-32-16-14-31;/h4-10,18,29H,3,11-17,19H2,1-2H3,(H2,27,28,30);1H. The molecule has 2 heterocycles. The maximum Gasteiger partial charge on any atom is 0.191 e. The van der Waals surface area contributed by atoms with Crippen LogP contribution in [0, 0.1) is 6.92 Å². The van der Waals surface area contributed by atoms with Crippen molar-refractivity contribution >= 4 is 40.8 Å². The number of morpholine rings is 1. The number of nitrogens with one attached hydrogen (secondary N) is 3. The predicted molar refractivity (Wildman–Crippen MR) is 148 cm³/mol. The van der Waals surface area contributed by atoms with E-state index in [0.717, 1.165) is 58.3 Å². The van der Waals surface area contributed by atoms with Crippen LogP contribution in [-0.4, -0.2) is 55.2 Å². The van der Waals surface area contributed by atoms with E-state index in [4.69, 9.17) is 9.73 Å². The van der Waals surface area contributed by atoms with Crippen molar-refractivity contribution in [2.75, 3.05) is 39.4 Å². The maximum absolute atomic E-state index is 5.49. The number of guanidine groups is 1. The third kappa shape index (κ3) is 6.94. The Bertz CT molecular complexity index is 1040. The Kier molecular flexibility index (Phi) is 10.0. The molecule has 3 aromatic rings. The normalized spacial score (nSPS) is 14.8. The van der Waals surface area contributed by atoms with Gasteiger partial charge < -0.3 is 20.4 Å². The summed E-state index contributed by atoms with van der Waals surface area (Å²) in [6, 6.07) is 15.1. The number of aryl methyl sites for hydroxylation is 1. The minimum atomic E-state index is 0. The second-order valence-corrected chi connectivity index (χ2v) is 8.34. The van der Waals surface area contributed by atoms with Crippen LogP contribution in [0.25, 0.3) is 10.9 Å². The van der Waals surface area contributed by atoms with Gasteiger partial charge in [0.25, 0.3) is 0 Å². The van der Waals surface area contributed by atoms with Gasteiger partial charge in [-0.15, -0.1) is 24.0 Å². The summed E-state index contributed by atoms with van der Waals surface area (Å²) >= 11 is 0. The summed E-state index contributed by atoms with van der Waals surface area (Å²) in [4.78, 5) is 10.8. The lowest BCUT2D eigenvalue weighted by Gasteiger charge is -2.27. The van der Waals surface area contributed by atoms with Gasteiger partial charge in [0.2, 0.25) is 0 Å². The Morgan fingerprint density at radius 3 is 2.61 bits per heavy atom. The van der Waals surface area contributed by atoms with Crippen molar-refractivity contribution in [3.8, 4) is 0 Å². The van der Waals surface area contributed by atoms with Crippen LogP contribution in [0.3, 0.4) is 0 Å². The zero-order valence-corrected chi connectivity index (χ0v) is 22.0. The van der Waals surface area contributed by atoms with E-state index in [1.807, 2.05) is 0 Å². The molecule has 3 N–H and O–H groups in total. The first-order valence-electron chi connectivity index (χ1n) is 11.7. The quantitative estimate of drug-likeness (QED) is 0.219. The topological polar surface area (TPSA) is 64.7 Å². The summed E-state index contributed by atoms with van der Waals surface area (Å²) in [5.74, 6) is 0.865. The van der Waals surface area contributed by atoms with E-state index in [1.54, 1.807) is 0 Å². The molecule has 1 aliphatic rings. The first-order valence-corrected chi connectivity index (χ1v) is 11.7. The average molecular weight is 562 g/mol. The Morgan fingerprint density at radius 1 is 1.03 bits per heavy atom. The molecule has 0 bridgehead atoms. The van der Waals surface area contributed by atoms with Crippen LogP contribution in [0.5, 0.6) is 0 Å². The minimum absolute atomic E-state index is 0. The molecule has 2 aromatic carbocycles. The number of aromatic amines is 1. The van der Waals surface area contributed by atoms with Gasteiger partial charge in [0.15, 0.2) is 5.96 Å². The molecule has 0 amide bonds. The Labute approximate surface area is 214 Å². The fourth-order valence-corrected chi connectivity index (χ4v) is 4.26. The van der Waals surface area contributed by atoms with Crippen molar-refractivity contribution in [2.45, 2.75) is 33.4 Å². The first kappa shape index (κ1) is 25.5. The molecule has 0 saturated carbocycles. The van der Waals surface area contributed by atoms with Gasteiger partial charge in [-0.25, -0.2) is 4.99 Å². The van der Waals surface area contributed by atoms with E-state index < -0.39 is 0 Å². The lowest BCUT2D eigenvalue weighted by atomic mass is 10.1. The molecule has 0 radical (unpaired) electrons. The molecule has 6 nitrogen and oxygen atoms in total. The van der Waals surface area contributed by atoms with Crippen molar-refractivity contribution in [1.29, 1.82) is 0 Å². The fraction of sp³-hybridized carbons (Fsp3) is 0.423. The highest BCUT2D eigenvalue weighted by Crippen LogP contribution is 2.21. The zero-order valence-electron chi connectivity index (χ0n) is 19.7. The summed E-state index contributed by atoms with van der Waals surface area (Å²) in [5.41, 5.74) is 6.49. The summed E-state index contributed by atoms with van der Waals surface area (Å²) in [5, 5.41) is 8.20. The van der Waals surface area contributed by atoms with Gasteiger partial charge in [-0.05, 0) is 42.5 Å². The number of fused-ring (bicyclic) bond motifs is 1. The Hall–Kier alpha value is -2.10. The molecule has 0 unspecified atom stereocenters. The van der Waals surface area contributed by atoms with Crippen molar-refractivity contribution in [3.63, 3.8) is 0 Å². The van der Waals surface area contributed by atoms with Crippen LogP contribution in [-0.2, 0) is 24.2 Å². The molecule has 178 valence electrons. The number of rotatable bonds is 8. The van der Waals surface area contributed by atoms with Crippen LogP contribution < -0.4 is 10.6 Å². The van der Waals surface area contributed by atoms with Gasteiger partial charge in [0.05, 0.1) is 19.8 Å². The van der Waals surface area contributed by atoms with E-state index in [1.165, 1.54) is 33.2 Å².